The fourth-order valence-electron chi connectivity index (χ4n) is 1.08. The monoisotopic (exact) mass is 164 g/mol. The summed E-state index contributed by atoms with van der Waals surface area (Å²) >= 11 is 0. The molecule has 2 heteroatoms. The van der Waals surface area contributed by atoms with Crippen molar-refractivity contribution in [1.29, 1.82) is 0 Å². The van der Waals surface area contributed by atoms with E-state index in [0.717, 1.165) is 17.8 Å². The predicted octanol–water partition coefficient (Wildman–Crippen LogP) is 2.25. The van der Waals surface area contributed by atoms with Gasteiger partial charge in [-0.25, -0.2) is 0 Å². The van der Waals surface area contributed by atoms with Crippen LogP contribution < -0.4 is 5.73 Å². The highest BCUT2D eigenvalue weighted by Crippen LogP contribution is 2.19. The molecule has 12 heavy (non-hydrogen) atoms. The van der Waals surface area contributed by atoms with Crippen molar-refractivity contribution in [2.75, 3.05) is 5.73 Å². The van der Waals surface area contributed by atoms with E-state index in [1.807, 2.05) is 12.1 Å². The number of pyridine rings is 1. The third kappa shape index (κ3) is 2.91. The quantitative estimate of drug-likeness (QED) is 0.691. The lowest BCUT2D eigenvalue weighted by atomic mass is 9.90. The van der Waals surface area contributed by atoms with Crippen molar-refractivity contribution in [3.8, 4) is 0 Å². The summed E-state index contributed by atoms with van der Waals surface area (Å²) in [6.45, 7) is 6.60. The largest absolute Gasteiger partial charge is 0.397 e. The smallest absolute Gasteiger partial charge is 0.0501 e. The highest BCUT2D eigenvalue weighted by atomic mass is 14.7. The summed E-state index contributed by atoms with van der Waals surface area (Å²) in [4.78, 5) is 4.24. The van der Waals surface area contributed by atoms with Crippen molar-refractivity contribution in [2.24, 2.45) is 5.41 Å². The van der Waals surface area contributed by atoms with E-state index >= 15 is 0 Å². The summed E-state index contributed by atoms with van der Waals surface area (Å²) < 4.78 is 0. The van der Waals surface area contributed by atoms with Gasteiger partial charge in [-0.15, -0.1) is 0 Å². The maximum absolute atomic E-state index is 5.53. The van der Waals surface area contributed by atoms with E-state index in [9.17, 15) is 0 Å². The van der Waals surface area contributed by atoms with Crippen LogP contribution in [0.2, 0.25) is 0 Å². The van der Waals surface area contributed by atoms with Gasteiger partial charge in [0, 0.05) is 5.69 Å². The third-order valence-electron chi connectivity index (χ3n) is 1.56. The Bertz CT molecular complexity index is 244. The minimum absolute atomic E-state index is 0.295. The van der Waals surface area contributed by atoms with Crippen LogP contribution >= 0.6 is 0 Å². The summed E-state index contributed by atoms with van der Waals surface area (Å²) in [6, 6.07) is 3.88. The first-order chi connectivity index (χ1) is 5.47. The Morgan fingerprint density at radius 3 is 2.42 bits per heavy atom. The number of nitrogens with zero attached hydrogens (tertiary/aromatic N) is 1. The van der Waals surface area contributed by atoms with Gasteiger partial charge in [-0.1, -0.05) is 20.8 Å². The summed E-state index contributed by atoms with van der Waals surface area (Å²) in [5, 5.41) is 0. The van der Waals surface area contributed by atoms with Crippen molar-refractivity contribution in [3.05, 3.63) is 24.0 Å². The zero-order valence-corrected chi connectivity index (χ0v) is 7.96. The molecule has 0 saturated carbocycles. The zero-order valence-electron chi connectivity index (χ0n) is 7.96. The van der Waals surface area contributed by atoms with Crippen molar-refractivity contribution < 1.29 is 0 Å². The van der Waals surface area contributed by atoms with E-state index in [1.165, 1.54) is 0 Å². The zero-order chi connectivity index (χ0) is 9.19. The highest BCUT2D eigenvalue weighted by molar-refractivity contribution is 5.34. The molecule has 0 spiro atoms. The van der Waals surface area contributed by atoms with Crippen LogP contribution in [-0.4, -0.2) is 4.98 Å². The molecule has 0 amide bonds. The van der Waals surface area contributed by atoms with Crippen LogP contribution in [0.15, 0.2) is 18.3 Å². The SMILES string of the molecule is CC(C)(C)Cc1ccc(N)cn1. The Balaban J connectivity index is 2.71. The van der Waals surface area contributed by atoms with Gasteiger partial charge in [-0.05, 0) is 24.0 Å². The summed E-state index contributed by atoms with van der Waals surface area (Å²) in [5.74, 6) is 0. The lowest BCUT2D eigenvalue weighted by molar-refractivity contribution is 0.406. The minimum Gasteiger partial charge on any atom is -0.397 e. The topological polar surface area (TPSA) is 38.9 Å². The van der Waals surface area contributed by atoms with E-state index in [0.29, 0.717) is 5.41 Å². The molecule has 66 valence electrons. The average molecular weight is 164 g/mol. The standard InChI is InChI=1S/C10H16N2/c1-10(2,3)6-9-5-4-8(11)7-12-9/h4-5,7H,6,11H2,1-3H3. The first-order valence-corrected chi connectivity index (χ1v) is 4.18. The lowest BCUT2D eigenvalue weighted by Crippen LogP contribution is -2.10. The molecule has 1 rings (SSSR count). The van der Waals surface area contributed by atoms with Crippen LogP contribution in [-0.2, 0) is 6.42 Å². The fraction of sp³-hybridized carbons (Fsp3) is 0.500. The molecule has 0 aromatic carbocycles. The minimum atomic E-state index is 0.295. The maximum Gasteiger partial charge on any atom is 0.0501 e. The number of nitrogens with two attached hydrogens (primary N) is 1. The molecule has 0 aliphatic heterocycles. The highest BCUT2D eigenvalue weighted by Gasteiger charge is 2.11. The lowest BCUT2D eigenvalue weighted by Gasteiger charge is -2.16. The Kier molecular flexibility index (Phi) is 2.36. The summed E-state index contributed by atoms with van der Waals surface area (Å²) in [6.07, 6.45) is 2.70. The van der Waals surface area contributed by atoms with Gasteiger partial charge < -0.3 is 5.73 Å². The van der Waals surface area contributed by atoms with Gasteiger partial charge in [0.15, 0.2) is 0 Å². The van der Waals surface area contributed by atoms with Crippen molar-refractivity contribution in [3.63, 3.8) is 0 Å². The van der Waals surface area contributed by atoms with Crippen LogP contribution in [0.3, 0.4) is 0 Å². The first kappa shape index (κ1) is 9.04. The van der Waals surface area contributed by atoms with Crippen LogP contribution in [0.4, 0.5) is 5.69 Å². The van der Waals surface area contributed by atoms with Gasteiger partial charge in [-0.3, -0.25) is 4.98 Å². The Labute approximate surface area is 73.8 Å². The molecule has 0 unspecified atom stereocenters. The molecule has 0 atom stereocenters. The van der Waals surface area contributed by atoms with Crippen LogP contribution in [0.5, 0.6) is 0 Å². The molecule has 2 N–H and O–H groups in total. The second-order valence-corrected chi connectivity index (χ2v) is 4.32. The summed E-state index contributed by atoms with van der Waals surface area (Å²) in [5.41, 5.74) is 7.66. The number of nitrogen functional groups attached to an aromatic ring is 1. The normalized spacial score (nSPS) is 11.6. The number of hydrogen-bond acceptors (Lipinski definition) is 2. The molecule has 0 fully saturated rings. The molecule has 0 aliphatic carbocycles. The van der Waals surface area contributed by atoms with Crippen LogP contribution in [0.1, 0.15) is 26.5 Å². The number of hydrogen-bond donors (Lipinski definition) is 1. The Hall–Kier alpha value is -1.05. The van der Waals surface area contributed by atoms with Gasteiger partial charge in [0.25, 0.3) is 0 Å². The van der Waals surface area contributed by atoms with Crippen molar-refractivity contribution in [1.82, 2.24) is 4.98 Å². The maximum atomic E-state index is 5.53. The van der Waals surface area contributed by atoms with E-state index in [2.05, 4.69) is 25.8 Å². The van der Waals surface area contributed by atoms with E-state index in [1.54, 1.807) is 6.20 Å². The number of aromatic nitrogens is 1. The van der Waals surface area contributed by atoms with Gasteiger partial charge in [0.05, 0.1) is 11.9 Å². The predicted molar refractivity (Wildman–Crippen MR) is 51.8 cm³/mol. The Morgan fingerprint density at radius 2 is 2.00 bits per heavy atom. The summed E-state index contributed by atoms with van der Waals surface area (Å²) in [7, 11) is 0. The van der Waals surface area contributed by atoms with Gasteiger partial charge in [0.1, 0.15) is 0 Å². The molecule has 0 radical (unpaired) electrons. The molecule has 1 aromatic heterocycles. The van der Waals surface area contributed by atoms with Gasteiger partial charge in [0.2, 0.25) is 0 Å². The van der Waals surface area contributed by atoms with Crippen LogP contribution in [0, 0.1) is 5.41 Å². The van der Waals surface area contributed by atoms with Gasteiger partial charge in [-0.2, -0.15) is 0 Å². The Morgan fingerprint density at radius 1 is 1.33 bits per heavy atom. The molecular formula is C10H16N2. The number of anilines is 1. The van der Waals surface area contributed by atoms with Crippen LogP contribution in [0.25, 0.3) is 0 Å². The van der Waals surface area contributed by atoms with Crippen molar-refractivity contribution in [2.45, 2.75) is 27.2 Å². The molecular weight excluding hydrogens is 148 g/mol. The molecule has 0 saturated heterocycles. The third-order valence-corrected chi connectivity index (χ3v) is 1.56. The molecule has 0 bridgehead atoms. The van der Waals surface area contributed by atoms with Crippen molar-refractivity contribution >= 4 is 5.69 Å². The van der Waals surface area contributed by atoms with Gasteiger partial charge >= 0.3 is 0 Å². The second-order valence-electron chi connectivity index (χ2n) is 4.32. The number of rotatable bonds is 1. The van der Waals surface area contributed by atoms with E-state index < -0.39 is 0 Å². The van der Waals surface area contributed by atoms with E-state index in [-0.39, 0.29) is 0 Å². The average Bonchev–Trinajstić information content (AvgIpc) is 1.91. The molecule has 0 aliphatic rings. The first-order valence-electron chi connectivity index (χ1n) is 4.18. The molecule has 2 nitrogen and oxygen atoms in total. The molecule has 1 heterocycles. The van der Waals surface area contributed by atoms with E-state index in [4.69, 9.17) is 5.73 Å². The molecule has 1 aromatic rings. The second kappa shape index (κ2) is 3.13. The fourth-order valence-corrected chi connectivity index (χ4v) is 1.08.